The highest BCUT2D eigenvalue weighted by Crippen LogP contribution is 2.40. The molecule has 10 heteroatoms. The van der Waals surface area contributed by atoms with Crippen molar-refractivity contribution < 1.29 is 22.7 Å². The summed E-state index contributed by atoms with van der Waals surface area (Å²) in [5.41, 5.74) is 2.04. The summed E-state index contributed by atoms with van der Waals surface area (Å²) in [6.45, 7) is 0.314. The molecule has 3 heterocycles. The number of aryl methyl sites for hydroxylation is 1. The van der Waals surface area contributed by atoms with E-state index in [1.54, 1.807) is 36.4 Å². The molecular weight excluding hydrogens is 459 g/mol. The van der Waals surface area contributed by atoms with E-state index in [4.69, 9.17) is 4.74 Å². The maximum Gasteiger partial charge on any atom is 0.435 e. The number of amides is 1. The van der Waals surface area contributed by atoms with Crippen LogP contribution in [0.25, 0.3) is 11.3 Å². The third-order valence-corrected chi connectivity index (χ3v) is 6.85. The summed E-state index contributed by atoms with van der Waals surface area (Å²) in [7, 11) is 3.17. The molecule has 1 aliphatic heterocycles. The molecule has 1 aliphatic carbocycles. The number of methoxy groups -OCH3 is 1. The Hall–Kier alpha value is -3.40. The van der Waals surface area contributed by atoms with Gasteiger partial charge in [-0.05, 0) is 49.9 Å². The molecule has 3 aromatic rings. The molecule has 1 aromatic carbocycles. The van der Waals surface area contributed by atoms with E-state index in [-0.39, 0.29) is 17.9 Å². The van der Waals surface area contributed by atoms with Crippen LogP contribution in [0.5, 0.6) is 0 Å². The predicted octanol–water partition coefficient (Wildman–Crippen LogP) is 5.30. The number of hydrogen-bond donors (Lipinski definition) is 1. The van der Waals surface area contributed by atoms with Crippen LogP contribution < -0.4 is 10.2 Å². The molecule has 5 rings (SSSR count). The zero-order valence-corrected chi connectivity index (χ0v) is 19.5. The molecule has 0 unspecified atom stereocenters. The normalized spacial score (nSPS) is 20.0. The minimum atomic E-state index is -4.54. The summed E-state index contributed by atoms with van der Waals surface area (Å²) in [5, 5.41) is 6.94. The molecule has 1 N–H and O–H groups in total. The number of nitrogens with one attached hydrogen (secondary N) is 1. The number of benzene rings is 1. The van der Waals surface area contributed by atoms with E-state index in [9.17, 15) is 18.0 Å². The number of alkyl halides is 3. The van der Waals surface area contributed by atoms with Gasteiger partial charge in [-0.25, -0.2) is 4.98 Å². The van der Waals surface area contributed by atoms with Gasteiger partial charge in [0.2, 0.25) is 5.91 Å². The molecule has 0 bridgehead atoms. The average Bonchev–Trinajstić information content (AvgIpc) is 3.17. The molecule has 184 valence electrons. The molecule has 1 amide bonds. The molecule has 0 saturated heterocycles. The van der Waals surface area contributed by atoms with E-state index in [1.165, 1.54) is 11.7 Å². The largest absolute Gasteiger partial charge is 0.435 e. The van der Waals surface area contributed by atoms with Crippen LogP contribution in [0.15, 0.2) is 42.6 Å². The molecular formula is C25H26F3N5O2. The van der Waals surface area contributed by atoms with Gasteiger partial charge < -0.3 is 15.0 Å². The molecule has 0 atom stereocenters. The Bertz CT molecular complexity index is 1250. The van der Waals surface area contributed by atoms with Crippen molar-refractivity contribution in [3.05, 3.63) is 53.9 Å². The monoisotopic (exact) mass is 485 g/mol. The van der Waals surface area contributed by atoms with Gasteiger partial charge in [-0.1, -0.05) is 12.1 Å². The molecule has 7 nitrogen and oxygen atoms in total. The van der Waals surface area contributed by atoms with Gasteiger partial charge in [0.15, 0.2) is 5.69 Å². The first-order valence-corrected chi connectivity index (χ1v) is 11.6. The number of pyridine rings is 1. The number of aromatic nitrogens is 3. The van der Waals surface area contributed by atoms with Crippen molar-refractivity contribution >= 4 is 23.1 Å². The fourth-order valence-corrected chi connectivity index (χ4v) is 4.92. The van der Waals surface area contributed by atoms with Crippen molar-refractivity contribution in [3.63, 3.8) is 0 Å². The predicted molar refractivity (Wildman–Crippen MR) is 125 cm³/mol. The van der Waals surface area contributed by atoms with E-state index >= 15 is 0 Å². The van der Waals surface area contributed by atoms with Crippen LogP contribution >= 0.6 is 0 Å². The highest BCUT2D eigenvalue weighted by molar-refractivity contribution is 6.00. The zero-order chi connectivity index (χ0) is 24.7. The van der Waals surface area contributed by atoms with Crippen molar-refractivity contribution in [1.29, 1.82) is 0 Å². The van der Waals surface area contributed by atoms with Gasteiger partial charge in [-0.15, -0.1) is 0 Å². The zero-order valence-electron chi connectivity index (χ0n) is 19.5. The number of nitrogens with zero attached hydrogens (tertiary/aromatic N) is 4. The van der Waals surface area contributed by atoms with Gasteiger partial charge in [0.05, 0.1) is 29.7 Å². The summed E-state index contributed by atoms with van der Waals surface area (Å²) < 4.78 is 46.4. The Morgan fingerprint density at radius 3 is 2.60 bits per heavy atom. The number of carbonyl (C=O) groups is 1. The number of fused-ring (bicyclic) bond motifs is 2. The van der Waals surface area contributed by atoms with Gasteiger partial charge >= 0.3 is 6.18 Å². The second-order valence-corrected chi connectivity index (χ2v) is 9.04. The SMILES string of the molecule is COC1CCC(C(=O)N2Cc3cccnc3Nc3ccc(-c4cc(C(F)(F)F)nn4C)cc32)CC1. The third kappa shape index (κ3) is 4.50. The highest BCUT2D eigenvalue weighted by Gasteiger charge is 2.36. The Morgan fingerprint density at radius 1 is 1.14 bits per heavy atom. The van der Waals surface area contributed by atoms with Crippen LogP contribution in [-0.2, 0) is 29.3 Å². The lowest BCUT2D eigenvalue weighted by Gasteiger charge is -2.32. The Kier molecular flexibility index (Phi) is 6.00. The average molecular weight is 486 g/mol. The molecule has 35 heavy (non-hydrogen) atoms. The topological polar surface area (TPSA) is 72.3 Å². The van der Waals surface area contributed by atoms with E-state index < -0.39 is 11.9 Å². The molecule has 2 aliphatic rings. The van der Waals surface area contributed by atoms with Gasteiger partial charge in [0, 0.05) is 37.4 Å². The minimum absolute atomic E-state index is 0.00237. The van der Waals surface area contributed by atoms with Gasteiger partial charge in [-0.2, -0.15) is 18.3 Å². The van der Waals surface area contributed by atoms with E-state index in [0.29, 0.717) is 35.0 Å². The molecule has 1 fully saturated rings. The molecule has 0 radical (unpaired) electrons. The molecule has 1 saturated carbocycles. The van der Waals surface area contributed by atoms with Crippen LogP contribution in [0, 0.1) is 5.92 Å². The summed E-state index contributed by atoms with van der Waals surface area (Å²) in [5.74, 6) is 0.502. The second-order valence-electron chi connectivity index (χ2n) is 9.04. The number of anilines is 3. The first-order valence-electron chi connectivity index (χ1n) is 11.6. The van der Waals surface area contributed by atoms with E-state index in [0.717, 1.165) is 37.3 Å². The van der Waals surface area contributed by atoms with Gasteiger partial charge in [0.25, 0.3) is 0 Å². The van der Waals surface area contributed by atoms with Crippen molar-refractivity contribution in [2.75, 3.05) is 17.3 Å². The third-order valence-electron chi connectivity index (χ3n) is 6.85. The number of ether oxygens (including phenoxy) is 1. The van der Waals surface area contributed by atoms with Gasteiger partial charge in [-0.3, -0.25) is 9.48 Å². The molecule has 2 aromatic heterocycles. The number of halogens is 3. The number of carbonyl (C=O) groups excluding carboxylic acids is 1. The Labute approximate surface area is 200 Å². The first-order chi connectivity index (χ1) is 16.7. The fraction of sp³-hybridized carbons (Fsp3) is 0.400. The fourth-order valence-electron chi connectivity index (χ4n) is 4.92. The maximum atomic E-state index is 13.8. The maximum absolute atomic E-state index is 13.8. The minimum Gasteiger partial charge on any atom is -0.381 e. The van der Waals surface area contributed by atoms with Crippen LogP contribution in [0.1, 0.15) is 36.9 Å². The Morgan fingerprint density at radius 2 is 1.91 bits per heavy atom. The summed E-state index contributed by atoms with van der Waals surface area (Å²) in [6.07, 6.45) is 0.400. The van der Waals surface area contributed by atoms with Crippen molar-refractivity contribution in [2.24, 2.45) is 13.0 Å². The summed E-state index contributed by atoms with van der Waals surface area (Å²) in [6, 6.07) is 10.0. The lowest BCUT2D eigenvalue weighted by atomic mass is 9.86. The number of rotatable bonds is 3. The highest BCUT2D eigenvalue weighted by atomic mass is 19.4. The van der Waals surface area contributed by atoms with Gasteiger partial charge in [0.1, 0.15) is 5.82 Å². The summed E-state index contributed by atoms with van der Waals surface area (Å²) >= 11 is 0. The lowest BCUT2D eigenvalue weighted by Crippen LogP contribution is -2.38. The summed E-state index contributed by atoms with van der Waals surface area (Å²) in [4.78, 5) is 20.0. The van der Waals surface area contributed by atoms with Crippen LogP contribution in [0.4, 0.5) is 30.4 Å². The van der Waals surface area contributed by atoms with Crippen molar-refractivity contribution in [1.82, 2.24) is 14.8 Å². The molecule has 0 spiro atoms. The quantitative estimate of drug-likeness (QED) is 0.545. The smallest absolute Gasteiger partial charge is 0.381 e. The standard InChI is InChI=1S/C25H26F3N5O2/c1-32-20(13-22(31-32)25(26,27)28)16-7-10-19-21(12-16)33(14-17-4-3-11-29-23(17)30-19)24(34)15-5-8-18(35-2)9-6-15/h3-4,7,10-13,15,18H,5-6,8-9,14H2,1-2H3,(H,29,30). The van der Waals surface area contributed by atoms with Crippen LogP contribution in [0.2, 0.25) is 0 Å². The van der Waals surface area contributed by atoms with E-state index in [2.05, 4.69) is 15.4 Å². The van der Waals surface area contributed by atoms with Crippen LogP contribution in [-0.4, -0.2) is 33.9 Å². The van der Waals surface area contributed by atoms with Crippen LogP contribution in [0.3, 0.4) is 0 Å². The van der Waals surface area contributed by atoms with E-state index in [1.807, 2.05) is 12.1 Å². The Balaban J connectivity index is 1.55. The lowest BCUT2D eigenvalue weighted by molar-refractivity contribution is -0.141. The van der Waals surface area contributed by atoms with Crippen molar-refractivity contribution in [2.45, 2.75) is 44.5 Å². The first kappa shape index (κ1) is 23.3. The number of hydrogen-bond acceptors (Lipinski definition) is 5. The van der Waals surface area contributed by atoms with Crippen molar-refractivity contribution in [3.8, 4) is 11.3 Å². The second kappa shape index (κ2) is 8.99.